The van der Waals surface area contributed by atoms with E-state index in [9.17, 15) is 9.90 Å². The molecule has 0 rings (SSSR count). The first-order valence-corrected chi connectivity index (χ1v) is 4.00. The number of rotatable bonds is 2. The Hall–Kier alpha value is 0.970. The maximum atomic E-state index is 9.50. The molecule has 42 valence electrons. The third-order valence-electron chi connectivity index (χ3n) is 0.208. The molecule has 3 nitrogen and oxygen atoms in total. The Morgan fingerprint density at radius 3 is 2.38 bits per heavy atom. The van der Waals surface area contributed by atoms with Crippen LogP contribution in [0.3, 0.4) is 0 Å². The number of carbonyl (C=O) groups is 1. The minimum Gasteiger partial charge on any atom is -0.529 e. The van der Waals surface area contributed by atoms with Crippen molar-refractivity contribution in [1.29, 1.82) is 0 Å². The van der Waals surface area contributed by atoms with E-state index < -0.39 is 6.09 Å². The van der Waals surface area contributed by atoms with E-state index in [0.29, 0.717) is 0 Å². The van der Waals surface area contributed by atoms with Crippen LogP contribution in [-0.2, 0) is 0 Å². The number of hydrogen-bond acceptors (Lipinski definition) is 4. The quantitative estimate of drug-likeness (QED) is 0.264. The summed E-state index contributed by atoms with van der Waals surface area (Å²) in [4.78, 5) is 9.50. The van der Waals surface area contributed by atoms with Gasteiger partial charge in [-0.25, -0.2) is 0 Å². The van der Waals surface area contributed by atoms with Gasteiger partial charge in [-0.05, 0) is 6.26 Å². The summed E-state index contributed by atoms with van der Waals surface area (Å²) in [6, 6.07) is 0. The predicted molar refractivity (Wildman–Crippen MR) is 29.6 cm³/mol. The molecule has 1 N–H and O–H groups in total. The molecule has 0 saturated carbocycles. The van der Waals surface area contributed by atoms with E-state index in [-0.39, 0.29) is 29.6 Å². The SMILES string of the molecule is CSSNC(=O)[O-].[Na+]. The monoisotopic (exact) mass is 161 g/mol. The Morgan fingerprint density at radius 1 is 1.75 bits per heavy atom. The summed E-state index contributed by atoms with van der Waals surface area (Å²) in [5.74, 6) is 0. The molecule has 0 fully saturated rings. The number of hydrogen-bond donors (Lipinski definition) is 1. The van der Waals surface area contributed by atoms with E-state index in [1.165, 1.54) is 10.8 Å². The molecule has 1 amide bonds. The maximum Gasteiger partial charge on any atom is 1.00 e. The van der Waals surface area contributed by atoms with Crippen molar-refractivity contribution in [3.8, 4) is 0 Å². The molecule has 0 aromatic rings. The molecule has 0 heterocycles. The van der Waals surface area contributed by atoms with Gasteiger partial charge in [0, 0.05) is 11.0 Å². The molecule has 0 unspecified atom stereocenters. The summed E-state index contributed by atoms with van der Waals surface area (Å²) in [6.07, 6.45) is 0.514. The topological polar surface area (TPSA) is 52.2 Å². The fraction of sp³-hybridized carbons (Fsp3) is 0.500. The van der Waals surface area contributed by atoms with Crippen LogP contribution in [0.1, 0.15) is 0 Å². The van der Waals surface area contributed by atoms with Crippen molar-refractivity contribution in [2.75, 3.05) is 6.26 Å². The first kappa shape index (κ1) is 11.7. The number of amides is 1. The van der Waals surface area contributed by atoms with E-state index in [4.69, 9.17) is 0 Å². The van der Waals surface area contributed by atoms with Crippen molar-refractivity contribution in [2.45, 2.75) is 0 Å². The second-order valence-electron chi connectivity index (χ2n) is 0.640. The van der Waals surface area contributed by atoms with Gasteiger partial charge in [0.15, 0.2) is 0 Å². The molecule has 0 aromatic carbocycles. The van der Waals surface area contributed by atoms with Crippen LogP contribution in [0.4, 0.5) is 4.79 Å². The van der Waals surface area contributed by atoms with Crippen LogP contribution >= 0.6 is 21.8 Å². The molecule has 0 bridgehead atoms. The first-order valence-electron chi connectivity index (χ1n) is 1.44. The zero-order valence-electron chi connectivity index (χ0n) is 4.63. The molecule has 0 saturated heterocycles. The van der Waals surface area contributed by atoms with E-state index >= 15 is 0 Å². The van der Waals surface area contributed by atoms with Crippen LogP contribution in [0.25, 0.3) is 0 Å². The van der Waals surface area contributed by atoms with Gasteiger partial charge >= 0.3 is 29.6 Å². The largest absolute Gasteiger partial charge is 1.00 e. The van der Waals surface area contributed by atoms with Crippen molar-refractivity contribution < 1.29 is 39.5 Å². The van der Waals surface area contributed by atoms with E-state index in [1.54, 1.807) is 6.26 Å². The molecular formula is C2H4NNaO2S2. The summed E-state index contributed by atoms with van der Waals surface area (Å²) in [5.41, 5.74) is 0. The van der Waals surface area contributed by atoms with Crippen LogP contribution in [0.2, 0.25) is 0 Å². The minimum atomic E-state index is -1.25. The van der Waals surface area contributed by atoms with Crippen LogP contribution in [0.5, 0.6) is 0 Å². The molecule has 0 aliphatic rings. The zero-order chi connectivity index (χ0) is 5.70. The molecule has 0 aliphatic heterocycles. The Labute approximate surface area is 77.8 Å². The first-order chi connectivity index (χ1) is 3.27. The van der Waals surface area contributed by atoms with Gasteiger partial charge in [0.05, 0.1) is 0 Å². The third-order valence-corrected chi connectivity index (χ3v) is 1.37. The molecule has 0 spiro atoms. The van der Waals surface area contributed by atoms with E-state index in [0.717, 1.165) is 11.0 Å². The van der Waals surface area contributed by atoms with Gasteiger partial charge in [-0.2, -0.15) is 0 Å². The van der Waals surface area contributed by atoms with Gasteiger partial charge in [-0.3, -0.25) is 0 Å². The zero-order valence-corrected chi connectivity index (χ0v) is 8.27. The van der Waals surface area contributed by atoms with Crippen LogP contribution in [0, 0.1) is 0 Å². The van der Waals surface area contributed by atoms with Crippen molar-refractivity contribution in [2.24, 2.45) is 0 Å². The van der Waals surface area contributed by atoms with Gasteiger partial charge in [0.2, 0.25) is 0 Å². The van der Waals surface area contributed by atoms with Gasteiger partial charge in [-0.1, -0.05) is 10.8 Å². The van der Waals surface area contributed by atoms with Crippen molar-refractivity contribution >= 4 is 27.9 Å². The molecule has 6 heteroatoms. The van der Waals surface area contributed by atoms with Gasteiger partial charge < -0.3 is 14.6 Å². The maximum absolute atomic E-state index is 9.50. The molecule has 8 heavy (non-hydrogen) atoms. The molecule has 0 aliphatic carbocycles. The Bertz CT molecular complexity index is 71.1. The third kappa shape index (κ3) is 10.1. The number of carbonyl (C=O) groups excluding carboxylic acids is 1. The van der Waals surface area contributed by atoms with Crippen molar-refractivity contribution in [3.63, 3.8) is 0 Å². The van der Waals surface area contributed by atoms with Crippen molar-refractivity contribution in [1.82, 2.24) is 4.72 Å². The molecule has 0 radical (unpaired) electrons. The number of nitrogens with one attached hydrogen (secondary N) is 1. The Balaban J connectivity index is 0. The minimum absolute atomic E-state index is 0. The van der Waals surface area contributed by atoms with Crippen LogP contribution < -0.4 is 39.4 Å². The Kier molecular flexibility index (Phi) is 11.7. The summed E-state index contributed by atoms with van der Waals surface area (Å²) in [7, 11) is 2.34. The second kappa shape index (κ2) is 7.97. The summed E-state index contributed by atoms with van der Waals surface area (Å²) in [6.45, 7) is 0. The summed E-state index contributed by atoms with van der Waals surface area (Å²) < 4.78 is 1.98. The van der Waals surface area contributed by atoms with Crippen molar-refractivity contribution in [3.05, 3.63) is 0 Å². The van der Waals surface area contributed by atoms with Gasteiger partial charge in [-0.15, -0.1) is 0 Å². The molecular weight excluding hydrogens is 157 g/mol. The molecule has 0 atom stereocenters. The Morgan fingerprint density at radius 2 is 2.25 bits per heavy atom. The average Bonchev–Trinajstić information content (AvgIpc) is 1.61. The average molecular weight is 161 g/mol. The normalized spacial score (nSPS) is 7.12. The van der Waals surface area contributed by atoms with Crippen LogP contribution in [-0.4, -0.2) is 12.3 Å². The van der Waals surface area contributed by atoms with E-state index in [2.05, 4.69) is 0 Å². The summed E-state index contributed by atoms with van der Waals surface area (Å²) in [5, 5.41) is 9.50. The predicted octanol–water partition coefficient (Wildman–Crippen LogP) is -3.15. The standard InChI is InChI=1S/C2H5NO2S2.Na/c1-6-7-3-2(4)5;/h3H,1H3,(H,4,5);/q;+1/p-1. The molecule has 0 aromatic heterocycles. The summed E-state index contributed by atoms with van der Waals surface area (Å²) >= 11 is 0. The fourth-order valence-electron chi connectivity index (χ4n) is 0.0757. The number of carboxylic acid groups (broad SMARTS) is 1. The van der Waals surface area contributed by atoms with E-state index in [1.807, 2.05) is 4.72 Å². The van der Waals surface area contributed by atoms with Gasteiger partial charge in [0.25, 0.3) is 0 Å². The second-order valence-corrected chi connectivity index (χ2v) is 2.84. The fourth-order valence-corrected chi connectivity index (χ4v) is 0.681. The smallest absolute Gasteiger partial charge is 0.529 e. The van der Waals surface area contributed by atoms with Gasteiger partial charge in [0.1, 0.15) is 6.09 Å². The van der Waals surface area contributed by atoms with Crippen LogP contribution in [0.15, 0.2) is 0 Å².